The van der Waals surface area contributed by atoms with E-state index in [0.717, 1.165) is 23.8 Å². The Morgan fingerprint density at radius 3 is 2.50 bits per heavy atom. The molecule has 1 aromatic heterocycles. The average Bonchev–Trinajstić information content (AvgIpc) is 3.41. The van der Waals surface area contributed by atoms with E-state index < -0.39 is 0 Å². The van der Waals surface area contributed by atoms with E-state index in [1.54, 1.807) is 0 Å². The second kappa shape index (κ2) is 8.83. The Bertz CT molecular complexity index is 1750. The first kappa shape index (κ1) is 23.7. The van der Waals surface area contributed by atoms with Crippen molar-refractivity contribution in [2.75, 3.05) is 0 Å². The van der Waals surface area contributed by atoms with Crippen molar-refractivity contribution >= 4 is 32.3 Å². The summed E-state index contributed by atoms with van der Waals surface area (Å²) in [6.07, 6.45) is 9.92. The summed E-state index contributed by atoms with van der Waals surface area (Å²) >= 11 is 0. The fraction of sp³-hybridized carbons (Fsp3) is 0.361. The molecular formula is C36H38NO+. The number of nitrogens with zero attached hydrogens (tertiary/aromatic N) is 1. The van der Waals surface area contributed by atoms with Crippen LogP contribution in [0.25, 0.3) is 43.6 Å². The maximum absolute atomic E-state index is 7.08. The van der Waals surface area contributed by atoms with Crippen LogP contribution in [0.2, 0.25) is 0 Å². The summed E-state index contributed by atoms with van der Waals surface area (Å²) in [4.78, 5) is 0. The zero-order valence-electron chi connectivity index (χ0n) is 23.4. The van der Waals surface area contributed by atoms with Crippen LogP contribution >= 0.6 is 0 Å². The first-order valence-electron chi connectivity index (χ1n) is 14.5. The van der Waals surface area contributed by atoms with Crippen molar-refractivity contribution in [3.05, 3.63) is 77.0 Å². The summed E-state index contributed by atoms with van der Waals surface area (Å²) in [5, 5.41) is 7.95. The summed E-state index contributed by atoms with van der Waals surface area (Å²) in [5.41, 5.74) is 7.99. The van der Waals surface area contributed by atoms with Crippen molar-refractivity contribution in [1.82, 2.24) is 0 Å². The molecule has 1 aliphatic carbocycles. The second-order valence-electron chi connectivity index (χ2n) is 12.4. The van der Waals surface area contributed by atoms with Crippen molar-refractivity contribution in [1.29, 1.82) is 0 Å². The first-order valence-corrected chi connectivity index (χ1v) is 14.5. The van der Waals surface area contributed by atoms with Gasteiger partial charge in [-0.15, -0.1) is 0 Å². The smallest absolute Gasteiger partial charge is 0.228 e. The Morgan fingerprint density at radius 2 is 1.71 bits per heavy atom. The van der Waals surface area contributed by atoms with E-state index >= 15 is 0 Å². The summed E-state index contributed by atoms with van der Waals surface area (Å²) in [6, 6.07) is 18.5. The average molecular weight is 501 g/mol. The van der Waals surface area contributed by atoms with Crippen molar-refractivity contribution < 1.29 is 9.30 Å². The van der Waals surface area contributed by atoms with E-state index in [1.165, 1.54) is 97.9 Å². The number of aromatic nitrogens is 1. The molecule has 192 valence electrons. The molecule has 4 aromatic carbocycles. The lowest BCUT2D eigenvalue weighted by Gasteiger charge is -2.26. The SMILES string of the molecule is Cc1ccc2c(CC(C)C)c3c(c(C)c2c1)-c1c2c(cc4c(CC5CCCC5)cccc4c2cc[n+]1C)O3. The molecule has 2 heterocycles. The molecule has 1 aliphatic heterocycles. The minimum absolute atomic E-state index is 0.537. The van der Waals surface area contributed by atoms with Gasteiger partial charge in [0, 0.05) is 17.0 Å². The highest BCUT2D eigenvalue weighted by Gasteiger charge is 2.34. The van der Waals surface area contributed by atoms with Gasteiger partial charge in [-0.3, -0.25) is 0 Å². The van der Waals surface area contributed by atoms with Crippen molar-refractivity contribution in [3.63, 3.8) is 0 Å². The molecule has 2 heteroatoms. The zero-order valence-corrected chi connectivity index (χ0v) is 23.4. The minimum Gasteiger partial charge on any atom is -0.455 e. The van der Waals surface area contributed by atoms with Gasteiger partial charge in [0.15, 0.2) is 6.20 Å². The standard InChI is InChI=1S/C36H38NO/c1-21(2)17-31-27-14-13-22(3)18-29(27)23(4)33-35-34-28(15-16-37(35)5)26-12-8-11-25(19-24-9-6-7-10-24)30(26)20-32(34)38-36(31)33/h8,11-16,18,20-21,24H,6-7,9-10,17,19H2,1-5H3/q+1. The lowest BCUT2D eigenvalue weighted by Crippen LogP contribution is -2.32. The van der Waals surface area contributed by atoms with E-state index in [0.29, 0.717) is 5.92 Å². The molecule has 2 aliphatic rings. The molecule has 1 fully saturated rings. The molecule has 0 saturated heterocycles. The van der Waals surface area contributed by atoms with Gasteiger partial charge < -0.3 is 4.74 Å². The number of ether oxygens (including phenoxy) is 1. The van der Waals surface area contributed by atoms with Gasteiger partial charge in [-0.2, -0.15) is 0 Å². The Labute approximate surface area is 226 Å². The van der Waals surface area contributed by atoms with Gasteiger partial charge in [0.05, 0.1) is 10.9 Å². The molecule has 0 amide bonds. The van der Waals surface area contributed by atoms with E-state index in [2.05, 4.69) is 94.0 Å². The fourth-order valence-electron chi connectivity index (χ4n) is 7.36. The van der Waals surface area contributed by atoms with E-state index in [1.807, 2.05) is 0 Å². The maximum atomic E-state index is 7.08. The van der Waals surface area contributed by atoms with Crippen molar-refractivity contribution in [2.24, 2.45) is 18.9 Å². The van der Waals surface area contributed by atoms with Crippen LogP contribution < -0.4 is 9.30 Å². The number of rotatable bonds is 4. The second-order valence-corrected chi connectivity index (χ2v) is 12.4. The van der Waals surface area contributed by atoms with Gasteiger partial charge in [0.1, 0.15) is 18.5 Å². The van der Waals surface area contributed by atoms with Crippen LogP contribution in [-0.2, 0) is 19.9 Å². The highest BCUT2D eigenvalue weighted by Crippen LogP contribution is 2.52. The topological polar surface area (TPSA) is 13.1 Å². The van der Waals surface area contributed by atoms with Crippen molar-refractivity contribution in [3.8, 4) is 22.8 Å². The van der Waals surface area contributed by atoms with E-state index in [9.17, 15) is 0 Å². The molecule has 0 atom stereocenters. The first-order chi connectivity index (χ1) is 18.4. The molecule has 0 N–H and O–H groups in total. The number of pyridine rings is 1. The molecule has 0 radical (unpaired) electrons. The van der Waals surface area contributed by atoms with Gasteiger partial charge in [-0.05, 0) is 77.3 Å². The molecule has 0 spiro atoms. The van der Waals surface area contributed by atoms with E-state index in [4.69, 9.17) is 4.74 Å². The zero-order chi connectivity index (χ0) is 26.1. The maximum Gasteiger partial charge on any atom is 0.228 e. The van der Waals surface area contributed by atoms with Crippen LogP contribution in [0, 0.1) is 25.7 Å². The van der Waals surface area contributed by atoms with Gasteiger partial charge in [-0.25, -0.2) is 4.57 Å². The lowest BCUT2D eigenvalue weighted by atomic mass is 9.84. The van der Waals surface area contributed by atoms with E-state index in [-0.39, 0.29) is 0 Å². The Kier molecular flexibility index (Phi) is 5.51. The monoisotopic (exact) mass is 500 g/mol. The third kappa shape index (κ3) is 3.56. The molecule has 1 saturated carbocycles. The summed E-state index contributed by atoms with van der Waals surface area (Å²) in [7, 11) is 2.19. The third-order valence-electron chi connectivity index (χ3n) is 9.16. The predicted molar refractivity (Wildman–Crippen MR) is 159 cm³/mol. The number of hydrogen-bond acceptors (Lipinski definition) is 1. The normalized spacial score (nSPS) is 15.1. The van der Waals surface area contributed by atoms with Gasteiger partial charge in [0.25, 0.3) is 0 Å². The van der Waals surface area contributed by atoms with Gasteiger partial charge in [0.2, 0.25) is 5.69 Å². The molecule has 0 unspecified atom stereocenters. The Hall–Kier alpha value is -3.39. The number of hydrogen-bond donors (Lipinski definition) is 0. The van der Waals surface area contributed by atoms with Crippen LogP contribution in [-0.4, -0.2) is 0 Å². The highest BCUT2D eigenvalue weighted by atomic mass is 16.5. The Balaban J connectivity index is 1.57. The van der Waals surface area contributed by atoms with Crippen LogP contribution in [0.15, 0.2) is 54.7 Å². The lowest BCUT2D eigenvalue weighted by molar-refractivity contribution is -0.659. The number of fused-ring (bicyclic) bond motifs is 5. The quantitative estimate of drug-likeness (QED) is 0.174. The van der Waals surface area contributed by atoms with Crippen LogP contribution in [0.4, 0.5) is 0 Å². The summed E-state index contributed by atoms with van der Waals surface area (Å²) in [6.45, 7) is 9.11. The molecule has 5 aromatic rings. The molecule has 7 rings (SSSR count). The van der Waals surface area contributed by atoms with Crippen molar-refractivity contribution in [2.45, 2.75) is 66.2 Å². The van der Waals surface area contributed by atoms with Gasteiger partial charge >= 0.3 is 0 Å². The minimum atomic E-state index is 0.537. The molecule has 2 nitrogen and oxygen atoms in total. The number of benzene rings is 4. The number of aryl methyl sites for hydroxylation is 3. The van der Waals surface area contributed by atoms with Crippen LogP contribution in [0.1, 0.15) is 61.8 Å². The predicted octanol–water partition coefficient (Wildman–Crippen LogP) is 9.29. The largest absolute Gasteiger partial charge is 0.455 e. The van der Waals surface area contributed by atoms with Gasteiger partial charge in [-0.1, -0.05) is 81.5 Å². The van der Waals surface area contributed by atoms with Crippen LogP contribution in [0.3, 0.4) is 0 Å². The fourth-order valence-corrected chi connectivity index (χ4v) is 7.36. The molecule has 0 bridgehead atoms. The Morgan fingerprint density at radius 1 is 0.895 bits per heavy atom. The highest BCUT2D eigenvalue weighted by molar-refractivity contribution is 6.16. The third-order valence-corrected chi connectivity index (χ3v) is 9.16. The molecule has 38 heavy (non-hydrogen) atoms. The molecular weight excluding hydrogens is 462 g/mol. The van der Waals surface area contributed by atoms with Crippen LogP contribution in [0.5, 0.6) is 11.5 Å². The summed E-state index contributed by atoms with van der Waals surface area (Å²) in [5.74, 6) is 3.43. The summed E-state index contributed by atoms with van der Waals surface area (Å²) < 4.78 is 9.39.